The number of imide groups is 2. The lowest BCUT2D eigenvalue weighted by molar-refractivity contribution is -0.122. The summed E-state index contributed by atoms with van der Waals surface area (Å²) in [4.78, 5) is 38.4. The number of nitrogens with one attached hydrogen (secondary N) is 1. The highest BCUT2D eigenvalue weighted by Crippen LogP contribution is 2.24. The largest absolute Gasteiger partial charge is 0.489 e. The second kappa shape index (κ2) is 9.15. The molecule has 1 N–H and O–H groups in total. The normalized spacial score (nSPS) is 15.1. The van der Waals surface area contributed by atoms with Crippen molar-refractivity contribution in [1.82, 2.24) is 5.32 Å². The molecule has 0 unspecified atom stereocenters. The maximum absolute atomic E-state index is 13.0. The zero-order valence-electron chi connectivity index (χ0n) is 16.5. The molecule has 0 aromatic heterocycles. The maximum Gasteiger partial charge on any atom is 0.335 e. The molecule has 1 saturated heterocycles. The summed E-state index contributed by atoms with van der Waals surface area (Å²) >= 11 is 3.30. The Hall–Kier alpha value is -3.78. The number of carbonyl (C=O) groups excluding carboxylic acids is 3. The third kappa shape index (κ3) is 4.76. The average Bonchev–Trinajstić information content (AvgIpc) is 2.78. The Bertz CT molecular complexity index is 1210. The number of urea groups is 1. The monoisotopic (exact) mass is 494 g/mol. The van der Waals surface area contributed by atoms with Crippen molar-refractivity contribution in [3.63, 3.8) is 0 Å². The van der Waals surface area contributed by atoms with Gasteiger partial charge in [0.1, 0.15) is 23.7 Å². The van der Waals surface area contributed by atoms with Crippen LogP contribution in [-0.2, 0) is 16.2 Å². The zero-order valence-corrected chi connectivity index (χ0v) is 18.1. The van der Waals surface area contributed by atoms with E-state index in [1.165, 1.54) is 18.2 Å². The van der Waals surface area contributed by atoms with Crippen LogP contribution in [0.25, 0.3) is 6.08 Å². The van der Waals surface area contributed by atoms with Gasteiger partial charge in [-0.1, -0.05) is 40.2 Å². The summed E-state index contributed by atoms with van der Waals surface area (Å²) < 4.78 is 19.4. The lowest BCUT2D eigenvalue weighted by atomic mass is 10.1. The molecule has 8 heteroatoms. The van der Waals surface area contributed by atoms with E-state index in [1.54, 1.807) is 60.7 Å². The van der Waals surface area contributed by atoms with Crippen LogP contribution in [0.15, 0.2) is 82.8 Å². The highest BCUT2D eigenvalue weighted by molar-refractivity contribution is 9.10. The van der Waals surface area contributed by atoms with Crippen LogP contribution in [0.2, 0.25) is 0 Å². The van der Waals surface area contributed by atoms with Gasteiger partial charge in [-0.25, -0.2) is 14.1 Å². The van der Waals surface area contributed by atoms with Gasteiger partial charge in [0, 0.05) is 4.47 Å². The van der Waals surface area contributed by atoms with E-state index < -0.39 is 17.8 Å². The number of hydrogen-bond donors (Lipinski definition) is 1. The number of nitrogens with zero attached hydrogens (tertiary/aromatic N) is 1. The van der Waals surface area contributed by atoms with E-state index in [2.05, 4.69) is 21.2 Å². The Kier molecular flexibility index (Phi) is 6.13. The number of barbiturate groups is 1. The summed E-state index contributed by atoms with van der Waals surface area (Å²) in [7, 11) is 0. The molecule has 1 heterocycles. The van der Waals surface area contributed by atoms with E-state index in [4.69, 9.17) is 4.74 Å². The van der Waals surface area contributed by atoms with E-state index >= 15 is 0 Å². The Labute approximate surface area is 191 Å². The quantitative estimate of drug-likeness (QED) is 0.407. The van der Waals surface area contributed by atoms with Crippen LogP contribution in [0.5, 0.6) is 5.75 Å². The first-order valence-electron chi connectivity index (χ1n) is 9.55. The van der Waals surface area contributed by atoms with E-state index in [9.17, 15) is 18.8 Å². The number of benzene rings is 3. The Morgan fingerprint density at radius 3 is 2.22 bits per heavy atom. The van der Waals surface area contributed by atoms with Gasteiger partial charge >= 0.3 is 6.03 Å². The molecule has 160 valence electrons. The number of anilines is 1. The minimum absolute atomic E-state index is 0.160. The highest BCUT2D eigenvalue weighted by Gasteiger charge is 2.36. The van der Waals surface area contributed by atoms with Gasteiger partial charge in [0.2, 0.25) is 0 Å². The molecule has 0 saturated carbocycles. The first-order chi connectivity index (χ1) is 15.4. The molecule has 0 radical (unpaired) electrons. The van der Waals surface area contributed by atoms with Gasteiger partial charge in [0.05, 0.1) is 5.69 Å². The minimum Gasteiger partial charge on any atom is -0.489 e. The van der Waals surface area contributed by atoms with Crippen LogP contribution >= 0.6 is 15.9 Å². The maximum atomic E-state index is 13.0. The summed E-state index contributed by atoms with van der Waals surface area (Å²) in [6, 6.07) is 18.6. The molecule has 0 aliphatic carbocycles. The van der Waals surface area contributed by atoms with Crippen LogP contribution in [0.1, 0.15) is 11.1 Å². The molecule has 0 bridgehead atoms. The van der Waals surface area contributed by atoms with Crippen molar-refractivity contribution in [2.24, 2.45) is 0 Å². The van der Waals surface area contributed by atoms with Gasteiger partial charge in [-0.3, -0.25) is 14.9 Å². The van der Waals surface area contributed by atoms with E-state index in [0.717, 1.165) is 14.9 Å². The zero-order chi connectivity index (χ0) is 22.7. The molecule has 4 amide bonds. The lowest BCUT2D eigenvalue weighted by Gasteiger charge is -2.26. The third-order valence-corrected chi connectivity index (χ3v) is 5.23. The van der Waals surface area contributed by atoms with Crippen molar-refractivity contribution in [2.45, 2.75) is 6.61 Å². The van der Waals surface area contributed by atoms with E-state index in [-0.39, 0.29) is 18.0 Å². The van der Waals surface area contributed by atoms with Crippen molar-refractivity contribution in [2.75, 3.05) is 4.90 Å². The van der Waals surface area contributed by atoms with Gasteiger partial charge in [-0.2, -0.15) is 0 Å². The fraction of sp³-hybridized carbons (Fsp3) is 0.0417. The molecule has 1 aliphatic heterocycles. The molecule has 1 aliphatic rings. The number of carbonyl (C=O) groups is 3. The molecule has 0 spiro atoms. The van der Waals surface area contributed by atoms with Gasteiger partial charge in [-0.05, 0) is 65.7 Å². The van der Waals surface area contributed by atoms with Crippen molar-refractivity contribution in [3.8, 4) is 5.75 Å². The fourth-order valence-corrected chi connectivity index (χ4v) is 3.32. The van der Waals surface area contributed by atoms with Crippen LogP contribution in [0.4, 0.5) is 14.9 Å². The first-order valence-corrected chi connectivity index (χ1v) is 10.3. The summed E-state index contributed by atoms with van der Waals surface area (Å²) in [5.74, 6) is -1.21. The summed E-state index contributed by atoms with van der Waals surface area (Å²) in [5, 5.41) is 2.19. The van der Waals surface area contributed by atoms with Crippen LogP contribution in [-0.4, -0.2) is 17.8 Å². The molecule has 0 atom stereocenters. The standard InChI is InChI=1S/C24H16BrFN2O4/c25-17-5-9-19(10-6-17)28-23(30)21(22(29)27-24(28)31)13-15-3-11-20(12-4-15)32-14-16-1-7-18(26)8-2-16/h1-13H,14H2,(H,27,29,31)/b21-13+. The van der Waals surface area contributed by atoms with Crippen molar-refractivity contribution < 1.29 is 23.5 Å². The van der Waals surface area contributed by atoms with Gasteiger partial charge in [0.25, 0.3) is 11.8 Å². The summed E-state index contributed by atoms with van der Waals surface area (Å²) in [6.45, 7) is 0.270. The number of ether oxygens (including phenoxy) is 1. The number of rotatable bonds is 5. The topological polar surface area (TPSA) is 75.7 Å². The average molecular weight is 495 g/mol. The highest BCUT2D eigenvalue weighted by atomic mass is 79.9. The third-order valence-electron chi connectivity index (χ3n) is 4.70. The molecular weight excluding hydrogens is 479 g/mol. The second-order valence-electron chi connectivity index (χ2n) is 6.92. The summed E-state index contributed by atoms with van der Waals surface area (Å²) in [6.07, 6.45) is 1.42. The van der Waals surface area contributed by atoms with E-state index in [0.29, 0.717) is 17.0 Å². The predicted octanol–water partition coefficient (Wildman–Crippen LogP) is 4.83. The van der Waals surface area contributed by atoms with E-state index in [1.807, 2.05) is 0 Å². The Morgan fingerprint density at radius 1 is 0.906 bits per heavy atom. The van der Waals surface area contributed by atoms with Crippen molar-refractivity contribution in [3.05, 3.63) is 99.8 Å². The predicted molar refractivity (Wildman–Crippen MR) is 120 cm³/mol. The number of amides is 4. The van der Waals surface area contributed by atoms with Crippen LogP contribution in [0, 0.1) is 5.82 Å². The van der Waals surface area contributed by atoms with Gasteiger partial charge in [-0.15, -0.1) is 0 Å². The Morgan fingerprint density at radius 2 is 1.56 bits per heavy atom. The Balaban J connectivity index is 1.50. The molecule has 3 aromatic carbocycles. The smallest absolute Gasteiger partial charge is 0.335 e. The number of hydrogen-bond acceptors (Lipinski definition) is 4. The fourth-order valence-electron chi connectivity index (χ4n) is 3.06. The molecule has 4 rings (SSSR count). The molecule has 1 fully saturated rings. The van der Waals surface area contributed by atoms with Crippen molar-refractivity contribution in [1.29, 1.82) is 0 Å². The minimum atomic E-state index is -0.802. The SMILES string of the molecule is O=C1NC(=O)N(c2ccc(Br)cc2)C(=O)/C1=C/c1ccc(OCc2ccc(F)cc2)cc1. The second-order valence-corrected chi connectivity index (χ2v) is 7.83. The molecule has 3 aromatic rings. The molecular formula is C24H16BrFN2O4. The molecule has 6 nitrogen and oxygen atoms in total. The van der Waals surface area contributed by atoms with Gasteiger partial charge in [0.15, 0.2) is 0 Å². The number of halogens is 2. The van der Waals surface area contributed by atoms with Gasteiger partial charge < -0.3 is 4.74 Å². The molecule has 32 heavy (non-hydrogen) atoms. The summed E-state index contributed by atoms with van der Waals surface area (Å²) in [5.41, 5.74) is 1.59. The lowest BCUT2D eigenvalue weighted by Crippen LogP contribution is -2.54. The van der Waals surface area contributed by atoms with Crippen molar-refractivity contribution >= 4 is 45.5 Å². The van der Waals surface area contributed by atoms with Crippen LogP contribution < -0.4 is 15.0 Å². The first kappa shape index (κ1) is 21.5. The van der Waals surface area contributed by atoms with Crippen LogP contribution in [0.3, 0.4) is 0 Å².